The van der Waals surface area contributed by atoms with E-state index in [0.29, 0.717) is 18.0 Å². The molecule has 0 saturated heterocycles. The van der Waals surface area contributed by atoms with Gasteiger partial charge in [0.25, 0.3) is 5.91 Å². The van der Waals surface area contributed by atoms with Crippen molar-refractivity contribution < 1.29 is 4.79 Å². The number of benzene rings is 1. The Kier molecular flexibility index (Phi) is 4.15. The van der Waals surface area contributed by atoms with Crippen molar-refractivity contribution in [2.45, 2.75) is 18.9 Å². The van der Waals surface area contributed by atoms with E-state index in [9.17, 15) is 4.79 Å². The summed E-state index contributed by atoms with van der Waals surface area (Å²) in [5, 5.41) is 3.95. The number of hydrogen-bond acceptors (Lipinski definition) is 4. The van der Waals surface area contributed by atoms with Crippen molar-refractivity contribution in [3.8, 4) is 11.3 Å². The fraction of sp³-hybridized carbons (Fsp3) is 0.250. The number of carbonyl (C=O) groups is 1. The third-order valence-corrected chi connectivity index (χ3v) is 4.68. The molecule has 1 amide bonds. The highest BCUT2D eigenvalue weighted by molar-refractivity contribution is 6.07. The van der Waals surface area contributed by atoms with Gasteiger partial charge in [-0.05, 0) is 43.0 Å². The molecule has 1 saturated carbocycles. The van der Waals surface area contributed by atoms with Crippen LogP contribution in [0.1, 0.15) is 23.2 Å². The zero-order chi connectivity index (χ0) is 17.2. The summed E-state index contributed by atoms with van der Waals surface area (Å²) in [6, 6.07) is 13.4. The van der Waals surface area contributed by atoms with Crippen molar-refractivity contribution in [2.75, 3.05) is 6.54 Å². The number of nitrogens with one attached hydrogen (secondary N) is 1. The van der Waals surface area contributed by atoms with Crippen molar-refractivity contribution in [3.05, 3.63) is 60.4 Å². The molecule has 0 radical (unpaired) electrons. The average Bonchev–Trinajstić information content (AvgIpc) is 3.51. The van der Waals surface area contributed by atoms with Crippen molar-refractivity contribution in [1.29, 1.82) is 0 Å². The molecular weight excluding hydrogens is 312 g/mol. The number of nitrogens with zero attached hydrogens (tertiary/aromatic N) is 2. The highest BCUT2D eigenvalue weighted by Crippen LogP contribution is 2.32. The van der Waals surface area contributed by atoms with Gasteiger partial charge >= 0.3 is 0 Å². The molecular formula is C20H20N4O. The summed E-state index contributed by atoms with van der Waals surface area (Å²) in [6.45, 7) is 0.467. The second kappa shape index (κ2) is 6.61. The molecule has 5 nitrogen and oxygen atoms in total. The third-order valence-electron chi connectivity index (χ3n) is 4.68. The van der Waals surface area contributed by atoms with Crippen LogP contribution >= 0.6 is 0 Å². The second-order valence-corrected chi connectivity index (χ2v) is 6.47. The lowest BCUT2D eigenvalue weighted by Gasteiger charge is -2.17. The monoisotopic (exact) mass is 332 g/mol. The minimum absolute atomic E-state index is 0.0428. The molecule has 1 aromatic carbocycles. The van der Waals surface area contributed by atoms with E-state index in [1.165, 1.54) is 0 Å². The minimum atomic E-state index is -0.0916. The molecule has 1 aliphatic rings. The maximum atomic E-state index is 12.9. The molecule has 4 rings (SSSR count). The van der Waals surface area contributed by atoms with Gasteiger partial charge in [0.2, 0.25) is 0 Å². The van der Waals surface area contributed by atoms with Crippen LogP contribution in [0.4, 0.5) is 0 Å². The number of carbonyl (C=O) groups excluding carboxylic acids is 1. The molecule has 25 heavy (non-hydrogen) atoms. The SMILES string of the molecule is NCC(NC(=O)c1cc(-c2cccnc2)nc2ccccc12)C1CC1. The fourth-order valence-corrected chi connectivity index (χ4v) is 3.14. The summed E-state index contributed by atoms with van der Waals surface area (Å²) in [5.41, 5.74) is 8.89. The van der Waals surface area contributed by atoms with E-state index in [1.54, 1.807) is 12.4 Å². The Morgan fingerprint density at radius 2 is 2.08 bits per heavy atom. The van der Waals surface area contributed by atoms with E-state index in [4.69, 9.17) is 10.7 Å². The fourth-order valence-electron chi connectivity index (χ4n) is 3.14. The Hall–Kier alpha value is -2.79. The van der Waals surface area contributed by atoms with E-state index in [2.05, 4.69) is 10.3 Å². The first-order valence-corrected chi connectivity index (χ1v) is 8.57. The molecule has 3 aromatic rings. The Morgan fingerprint density at radius 3 is 2.80 bits per heavy atom. The number of fused-ring (bicyclic) bond motifs is 1. The lowest BCUT2D eigenvalue weighted by atomic mass is 10.0. The number of para-hydroxylation sites is 1. The molecule has 3 N–H and O–H groups in total. The maximum Gasteiger partial charge on any atom is 0.252 e. The number of rotatable bonds is 5. The van der Waals surface area contributed by atoms with Gasteiger partial charge in [-0.3, -0.25) is 9.78 Å². The van der Waals surface area contributed by atoms with Gasteiger partial charge in [0.05, 0.1) is 16.8 Å². The van der Waals surface area contributed by atoms with Gasteiger partial charge in [0, 0.05) is 35.9 Å². The smallest absolute Gasteiger partial charge is 0.252 e. The van der Waals surface area contributed by atoms with Gasteiger partial charge in [-0.1, -0.05) is 18.2 Å². The minimum Gasteiger partial charge on any atom is -0.348 e. The molecule has 1 aliphatic carbocycles. The molecule has 0 spiro atoms. The molecule has 5 heteroatoms. The summed E-state index contributed by atoms with van der Waals surface area (Å²) in [7, 11) is 0. The van der Waals surface area contributed by atoms with Gasteiger partial charge in [0.1, 0.15) is 0 Å². The lowest BCUT2D eigenvalue weighted by molar-refractivity contribution is 0.0935. The summed E-state index contributed by atoms with van der Waals surface area (Å²) in [4.78, 5) is 21.8. The summed E-state index contributed by atoms with van der Waals surface area (Å²) < 4.78 is 0. The van der Waals surface area contributed by atoms with Crippen molar-refractivity contribution in [1.82, 2.24) is 15.3 Å². The molecule has 2 heterocycles. The molecule has 0 bridgehead atoms. The third kappa shape index (κ3) is 3.23. The summed E-state index contributed by atoms with van der Waals surface area (Å²) in [6.07, 6.45) is 5.76. The summed E-state index contributed by atoms with van der Waals surface area (Å²) in [5.74, 6) is 0.422. The van der Waals surface area contributed by atoms with Gasteiger partial charge in [-0.15, -0.1) is 0 Å². The predicted octanol–water partition coefficient (Wildman–Crippen LogP) is 2.76. The molecule has 1 unspecified atom stereocenters. The average molecular weight is 332 g/mol. The van der Waals surface area contributed by atoms with Crippen molar-refractivity contribution >= 4 is 16.8 Å². The first-order valence-electron chi connectivity index (χ1n) is 8.57. The second-order valence-electron chi connectivity index (χ2n) is 6.47. The maximum absolute atomic E-state index is 12.9. The van der Waals surface area contributed by atoms with Crippen LogP contribution in [0.3, 0.4) is 0 Å². The van der Waals surface area contributed by atoms with Crippen LogP contribution in [0.15, 0.2) is 54.9 Å². The number of hydrogen-bond donors (Lipinski definition) is 2. The van der Waals surface area contributed by atoms with Crippen LogP contribution in [-0.4, -0.2) is 28.5 Å². The topological polar surface area (TPSA) is 80.9 Å². The molecule has 126 valence electrons. The molecule has 1 fully saturated rings. The Morgan fingerprint density at radius 1 is 1.24 bits per heavy atom. The largest absolute Gasteiger partial charge is 0.348 e. The van der Waals surface area contributed by atoms with Crippen LogP contribution in [0.5, 0.6) is 0 Å². The first-order chi connectivity index (χ1) is 12.3. The molecule has 2 aromatic heterocycles. The van der Waals surface area contributed by atoms with Crippen molar-refractivity contribution in [3.63, 3.8) is 0 Å². The Labute approximate surface area is 146 Å². The highest BCUT2D eigenvalue weighted by Gasteiger charge is 2.31. The standard InChI is InChI=1S/C20H20N4O/c21-11-19(13-7-8-13)24-20(25)16-10-18(14-4-3-9-22-12-14)23-17-6-2-1-5-15(16)17/h1-6,9-10,12-13,19H,7-8,11,21H2,(H,24,25). The predicted molar refractivity (Wildman–Crippen MR) is 98.0 cm³/mol. The number of pyridine rings is 2. The molecule has 0 aliphatic heterocycles. The van der Waals surface area contributed by atoms with Crippen molar-refractivity contribution in [2.24, 2.45) is 11.7 Å². The van der Waals surface area contributed by atoms with Gasteiger partial charge < -0.3 is 11.1 Å². The Balaban J connectivity index is 1.77. The van der Waals surface area contributed by atoms with Crippen LogP contribution < -0.4 is 11.1 Å². The van der Waals surface area contributed by atoms with Crippen LogP contribution in [0.2, 0.25) is 0 Å². The summed E-state index contributed by atoms with van der Waals surface area (Å²) >= 11 is 0. The van der Waals surface area contributed by atoms with Crippen LogP contribution in [0.25, 0.3) is 22.2 Å². The van der Waals surface area contributed by atoms with Gasteiger partial charge in [0.15, 0.2) is 0 Å². The number of nitrogens with two attached hydrogens (primary N) is 1. The Bertz CT molecular complexity index is 906. The van der Waals surface area contributed by atoms with E-state index in [-0.39, 0.29) is 11.9 Å². The first kappa shape index (κ1) is 15.7. The van der Waals surface area contributed by atoms with E-state index in [1.807, 2.05) is 42.5 Å². The van der Waals surface area contributed by atoms with Crippen LogP contribution in [-0.2, 0) is 0 Å². The molecule has 1 atom stereocenters. The van der Waals surface area contributed by atoms with Gasteiger partial charge in [-0.2, -0.15) is 0 Å². The zero-order valence-electron chi connectivity index (χ0n) is 13.9. The van der Waals surface area contributed by atoms with Gasteiger partial charge in [-0.25, -0.2) is 4.98 Å². The number of aromatic nitrogens is 2. The van der Waals surface area contributed by atoms with E-state index in [0.717, 1.165) is 35.0 Å². The normalized spacial score (nSPS) is 15.1. The lowest BCUT2D eigenvalue weighted by Crippen LogP contribution is -2.41. The van der Waals surface area contributed by atoms with E-state index >= 15 is 0 Å². The van der Waals surface area contributed by atoms with Crippen LogP contribution in [0, 0.1) is 5.92 Å². The zero-order valence-corrected chi connectivity index (χ0v) is 13.9. The number of amides is 1. The van der Waals surface area contributed by atoms with E-state index < -0.39 is 0 Å². The highest BCUT2D eigenvalue weighted by atomic mass is 16.1. The quantitative estimate of drug-likeness (QED) is 0.753.